The average Bonchev–Trinajstić information content (AvgIpc) is 2.87. The van der Waals surface area contributed by atoms with Crippen LogP contribution in [0, 0.1) is 11.3 Å². The molecule has 1 aliphatic carbocycles. The number of nitriles is 1. The fourth-order valence-electron chi connectivity index (χ4n) is 2.16. The first-order chi connectivity index (χ1) is 9.15. The molecule has 0 unspecified atom stereocenters. The van der Waals surface area contributed by atoms with Crippen LogP contribution >= 0.6 is 23.4 Å². The Labute approximate surface area is 121 Å². The summed E-state index contributed by atoms with van der Waals surface area (Å²) in [7, 11) is 0. The summed E-state index contributed by atoms with van der Waals surface area (Å²) in [5, 5.41) is 13.2. The summed E-state index contributed by atoms with van der Waals surface area (Å²) in [5.74, 6) is 0.0790. The first kappa shape index (κ1) is 14.2. The third kappa shape index (κ3) is 3.62. The molecule has 2 rings (SSSR count). The quantitative estimate of drug-likeness (QED) is 0.868. The van der Waals surface area contributed by atoms with Crippen LogP contribution in [0.2, 0.25) is 5.02 Å². The molecule has 0 aromatic carbocycles. The molecule has 1 aromatic rings. The molecule has 19 heavy (non-hydrogen) atoms. The number of hydrogen-bond acceptors (Lipinski definition) is 4. The van der Waals surface area contributed by atoms with E-state index in [9.17, 15) is 10.1 Å². The first-order valence-corrected chi connectivity index (χ1v) is 7.47. The van der Waals surface area contributed by atoms with E-state index in [0.29, 0.717) is 10.0 Å². The molecule has 1 N–H and O–H groups in total. The second-order valence-corrected chi connectivity index (χ2v) is 5.90. The van der Waals surface area contributed by atoms with Crippen molar-refractivity contribution in [3.8, 4) is 6.07 Å². The van der Waals surface area contributed by atoms with E-state index >= 15 is 0 Å². The summed E-state index contributed by atoms with van der Waals surface area (Å²) in [6, 6.07) is 5.72. The molecule has 1 fully saturated rings. The van der Waals surface area contributed by atoms with E-state index in [2.05, 4.69) is 16.4 Å². The van der Waals surface area contributed by atoms with Crippen molar-refractivity contribution in [2.45, 2.75) is 36.2 Å². The van der Waals surface area contributed by atoms with E-state index in [4.69, 9.17) is 11.6 Å². The Morgan fingerprint density at radius 3 is 2.95 bits per heavy atom. The highest BCUT2D eigenvalue weighted by atomic mass is 35.5. The molecule has 1 saturated carbocycles. The van der Waals surface area contributed by atoms with Crippen LogP contribution < -0.4 is 5.32 Å². The third-order valence-electron chi connectivity index (χ3n) is 3.11. The van der Waals surface area contributed by atoms with Gasteiger partial charge in [0.1, 0.15) is 10.6 Å². The fraction of sp³-hybridized carbons (Fsp3) is 0.462. The zero-order valence-corrected chi connectivity index (χ0v) is 11.9. The number of carbonyl (C=O) groups is 1. The van der Waals surface area contributed by atoms with Crippen molar-refractivity contribution in [1.29, 1.82) is 5.26 Å². The van der Waals surface area contributed by atoms with E-state index < -0.39 is 5.54 Å². The minimum atomic E-state index is -0.661. The Morgan fingerprint density at radius 2 is 2.32 bits per heavy atom. The standard InChI is InChI=1S/C13H14ClN3OS/c14-10-4-3-7-16-12(10)19-8-11(18)17-13(9-15)5-1-2-6-13/h3-4,7H,1-2,5-6,8H2,(H,17,18). The molecule has 1 aliphatic rings. The van der Waals surface area contributed by atoms with Gasteiger partial charge in [0.2, 0.25) is 5.91 Å². The molecule has 0 saturated heterocycles. The lowest BCUT2D eigenvalue weighted by molar-refractivity contribution is -0.119. The highest BCUT2D eigenvalue weighted by molar-refractivity contribution is 8.00. The number of halogens is 1. The highest BCUT2D eigenvalue weighted by Gasteiger charge is 2.35. The summed E-state index contributed by atoms with van der Waals surface area (Å²) in [6.07, 6.45) is 5.11. The van der Waals surface area contributed by atoms with E-state index in [-0.39, 0.29) is 11.7 Å². The summed E-state index contributed by atoms with van der Waals surface area (Å²) in [6.45, 7) is 0. The zero-order valence-electron chi connectivity index (χ0n) is 10.4. The Kier molecular flexibility index (Phi) is 4.67. The van der Waals surface area contributed by atoms with Gasteiger partial charge in [0.05, 0.1) is 16.8 Å². The van der Waals surface area contributed by atoms with Crippen LogP contribution in [0.25, 0.3) is 0 Å². The molecule has 0 spiro atoms. The van der Waals surface area contributed by atoms with E-state index in [1.807, 2.05) is 0 Å². The normalized spacial score (nSPS) is 16.8. The van der Waals surface area contributed by atoms with Gasteiger partial charge in [-0.3, -0.25) is 4.79 Å². The number of hydrogen-bond donors (Lipinski definition) is 1. The van der Waals surface area contributed by atoms with Crippen molar-refractivity contribution >= 4 is 29.3 Å². The number of nitrogens with zero attached hydrogens (tertiary/aromatic N) is 2. The van der Waals surface area contributed by atoms with Crippen molar-refractivity contribution in [3.05, 3.63) is 23.4 Å². The van der Waals surface area contributed by atoms with E-state index in [1.165, 1.54) is 11.8 Å². The smallest absolute Gasteiger partial charge is 0.231 e. The summed E-state index contributed by atoms with van der Waals surface area (Å²) >= 11 is 7.25. The van der Waals surface area contributed by atoms with Crippen LogP contribution in [-0.2, 0) is 4.79 Å². The van der Waals surface area contributed by atoms with Crippen LogP contribution in [0.4, 0.5) is 0 Å². The van der Waals surface area contributed by atoms with Crippen LogP contribution in [0.15, 0.2) is 23.4 Å². The molecule has 4 nitrogen and oxygen atoms in total. The van der Waals surface area contributed by atoms with Crippen molar-refractivity contribution in [3.63, 3.8) is 0 Å². The number of rotatable bonds is 4. The molecular formula is C13H14ClN3OS. The van der Waals surface area contributed by atoms with Crippen LogP contribution in [0.5, 0.6) is 0 Å². The number of pyridine rings is 1. The molecule has 100 valence electrons. The monoisotopic (exact) mass is 295 g/mol. The maximum atomic E-state index is 11.9. The summed E-state index contributed by atoms with van der Waals surface area (Å²) < 4.78 is 0. The number of aromatic nitrogens is 1. The molecule has 1 heterocycles. The molecule has 1 amide bonds. The largest absolute Gasteiger partial charge is 0.337 e. The van der Waals surface area contributed by atoms with Crippen LogP contribution in [-0.4, -0.2) is 22.2 Å². The van der Waals surface area contributed by atoms with Gasteiger partial charge in [0.15, 0.2) is 0 Å². The minimum absolute atomic E-state index is 0.143. The van der Waals surface area contributed by atoms with Gasteiger partial charge < -0.3 is 5.32 Å². The Bertz CT molecular complexity index is 509. The van der Waals surface area contributed by atoms with Crippen molar-refractivity contribution in [2.75, 3.05) is 5.75 Å². The molecule has 0 radical (unpaired) electrons. The van der Waals surface area contributed by atoms with Crippen LogP contribution in [0.3, 0.4) is 0 Å². The maximum Gasteiger partial charge on any atom is 0.231 e. The Hall–Kier alpha value is -1.25. The molecule has 0 bridgehead atoms. The lowest BCUT2D eigenvalue weighted by atomic mass is 10.0. The molecule has 0 aliphatic heterocycles. The van der Waals surface area contributed by atoms with Gasteiger partial charge in [-0.2, -0.15) is 5.26 Å². The van der Waals surface area contributed by atoms with E-state index in [0.717, 1.165) is 25.7 Å². The highest BCUT2D eigenvalue weighted by Crippen LogP contribution is 2.29. The van der Waals surface area contributed by atoms with E-state index in [1.54, 1.807) is 18.3 Å². The second-order valence-electron chi connectivity index (χ2n) is 4.53. The van der Waals surface area contributed by atoms with Gasteiger partial charge in [-0.05, 0) is 37.8 Å². The second kappa shape index (κ2) is 6.27. The zero-order chi connectivity index (χ0) is 13.7. The van der Waals surface area contributed by atoms with Gasteiger partial charge in [-0.25, -0.2) is 4.98 Å². The fourth-order valence-corrected chi connectivity index (χ4v) is 3.12. The third-order valence-corrected chi connectivity index (χ3v) is 4.54. The van der Waals surface area contributed by atoms with Crippen molar-refractivity contribution in [1.82, 2.24) is 10.3 Å². The average molecular weight is 296 g/mol. The maximum absolute atomic E-state index is 11.9. The van der Waals surface area contributed by atoms with Crippen LogP contribution in [0.1, 0.15) is 25.7 Å². The minimum Gasteiger partial charge on any atom is -0.337 e. The number of carbonyl (C=O) groups excluding carboxylic acids is 1. The van der Waals surface area contributed by atoms with Crippen molar-refractivity contribution < 1.29 is 4.79 Å². The van der Waals surface area contributed by atoms with Crippen molar-refractivity contribution in [2.24, 2.45) is 0 Å². The van der Waals surface area contributed by atoms with Gasteiger partial charge in [0, 0.05) is 6.20 Å². The number of amides is 1. The molecule has 6 heteroatoms. The van der Waals surface area contributed by atoms with Gasteiger partial charge in [-0.1, -0.05) is 23.4 Å². The van der Waals surface area contributed by atoms with Gasteiger partial charge in [-0.15, -0.1) is 0 Å². The first-order valence-electron chi connectivity index (χ1n) is 6.11. The molecular weight excluding hydrogens is 282 g/mol. The lowest BCUT2D eigenvalue weighted by Crippen LogP contribution is -2.45. The molecule has 0 atom stereocenters. The Morgan fingerprint density at radius 1 is 1.58 bits per heavy atom. The topological polar surface area (TPSA) is 65.8 Å². The molecule has 1 aromatic heterocycles. The summed E-state index contributed by atoms with van der Waals surface area (Å²) in [4.78, 5) is 16.0. The van der Waals surface area contributed by atoms with Gasteiger partial charge in [0.25, 0.3) is 0 Å². The Balaban J connectivity index is 1.89. The predicted octanol–water partition coefficient (Wildman–Crippen LogP) is 2.78. The predicted molar refractivity (Wildman–Crippen MR) is 74.9 cm³/mol. The number of nitrogens with one attached hydrogen (secondary N) is 1. The SMILES string of the molecule is N#CC1(NC(=O)CSc2ncccc2Cl)CCCC1. The number of thioether (sulfide) groups is 1. The lowest BCUT2D eigenvalue weighted by Gasteiger charge is -2.21. The summed E-state index contributed by atoms with van der Waals surface area (Å²) in [5.41, 5.74) is -0.661. The van der Waals surface area contributed by atoms with Gasteiger partial charge >= 0.3 is 0 Å².